The maximum absolute atomic E-state index is 11.7. The molecule has 1 heterocycles. The summed E-state index contributed by atoms with van der Waals surface area (Å²) in [6.07, 6.45) is 0. The number of anilines is 1. The van der Waals surface area contributed by atoms with Crippen LogP contribution >= 0.6 is 22.6 Å². The highest BCUT2D eigenvalue weighted by Gasteiger charge is 2.15. The predicted octanol–water partition coefficient (Wildman–Crippen LogP) is 2.92. The molecule has 0 saturated heterocycles. The van der Waals surface area contributed by atoms with E-state index in [4.69, 9.17) is 5.73 Å². The van der Waals surface area contributed by atoms with Crippen molar-refractivity contribution < 1.29 is 0 Å². The number of benzene rings is 1. The van der Waals surface area contributed by atoms with E-state index < -0.39 is 0 Å². The molecule has 100 valence electrons. The number of hydrogen-bond acceptors (Lipinski definition) is 3. The zero-order valence-corrected chi connectivity index (χ0v) is 13.3. The van der Waals surface area contributed by atoms with Gasteiger partial charge in [0.15, 0.2) is 0 Å². The van der Waals surface area contributed by atoms with Crippen molar-refractivity contribution in [3.63, 3.8) is 0 Å². The lowest BCUT2D eigenvalue weighted by Gasteiger charge is -2.19. The Morgan fingerprint density at radius 3 is 2.32 bits per heavy atom. The fourth-order valence-corrected chi connectivity index (χ4v) is 2.36. The van der Waals surface area contributed by atoms with Crippen LogP contribution in [0.1, 0.15) is 26.3 Å². The molecule has 1 aromatic heterocycles. The molecule has 0 aliphatic heterocycles. The SMILES string of the molecule is CC(C)(C)c1ccc(-c2nc(N)[nH]c(=O)c2I)cc1. The lowest BCUT2D eigenvalue weighted by molar-refractivity contribution is 0.590. The van der Waals surface area contributed by atoms with Crippen molar-refractivity contribution in [3.8, 4) is 11.3 Å². The summed E-state index contributed by atoms with van der Waals surface area (Å²) >= 11 is 1.99. The van der Waals surface area contributed by atoms with Gasteiger partial charge in [0.1, 0.15) is 3.57 Å². The summed E-state index contributed by atoms with van der Waals surface area (Å²) in [5.74, 6) is 0.139. The molecule has 19 heavy (non-hydrogen) atoms. The smallest absolute Gasteiger partial charge is 0.266 e. The second-order valence-electron chi connectivity index (χ2n) is 5.44. The van der Waals surface area contributed by atoms with E-state index in [1.54, 1.807) is 0 Å². The van der Waals surface area contributed by atoms with Crippen LogP contribution in [0.5, 0.6) is 0 Å². The summed E-state index contributed by atoms with van der Waals surface area (Å²) in [5, 5.41) is 0. The fourth-order valence-electron chi connectivity index (χ4n) is 1.80. The maximum Gasteiger partial charge on any atom is 0.266 e. The molecule has 0 spiro atoms. The Labute approximate surface area is 125 Å². The van der Waals surface area contributed by atoms with Crippen molar-refractivity contribution in [3.05, 3.63) is 43.8 Å². The third-order valence-electron chi connectivity index (χ3n) is 2.91. The van der Waals surface area contributed by atoms with Crippen LogP contribution in [0.2, 0.25) is 0 Å². The highest BCUT2D eigenvalue weighted by atomic mass is 127. The molecule has 0 amide bonds. The van der Waals surface area contributed by atoms with E-state index in [2.05, 4.69) is 42.9 Å². The Morgan fingerprint density at radius 2 is 1.79 bits per heavy atom. The number of nitrogens with one attached hydrogen (secondary N) is 1. The Kier molecular flexibility index (Phi) is 3.66. The molecule has 0 bridgehead atoms. The number of nitrogen functional groups attached to an aromatic ring is 1. The number of halogens is 1. The largest absolute Gasteiger partial charge is 0.369 e. The van der Waals surface area contributed by atoms with Gasteiger partial charge in [-0.1, -0.05) is 45.0 Å². The molecule has 5 heteroatoms. The van der Waals surface area contributed by atoms with Crippen LogP contribution < -0.4 is 11.3 Å². The van der Waals surface area contributed by atoms with Crippen LogP contribution in [-0.4, -0.2) is 9.97 Å². The average molecular weight is 369 g/mol. The summed E-state index contributed by atoms with van der Waals surface area (Å²) in [4.78, 5) is 18.4. The molecule has 2 aromatic rings. The number of nitrogens with two attached hydrogens (primary N) is 1. The lowest BCUT2D eigenvalue weighted by Crippen LogP contribution is -2.15. The minimum Gasteiger partial charge on any atom is -0.369 e. The molecule has 2 rings (SSSR count). The van der Waals surface area contributed by atoms with Crippen LogP contribution in [0.25, 0.3) is 11.3 Å². The first kappa shape index (κ1) is 14.0. The zero-order valence-electron chi connectivity index (χ0n) is 11.1. The van der Waals surface area contributed by atoms with E-state index in [1.165, 1.54) is 5.56 Å². The molecule has 0 unspecified atom stereocenters. The van der Waals surface area contributed by atoms with Crippen molar-refractivity contribution in [2.75, 3.05) is 5.73 Å². The minimum absolute atomic E-state index is 0.103. The third-order valence-corrected chi connectivity index (χ3v) is 3.91. The normalized spacial score (nSPS) is 11.6. The van der Waals surface area contributed by atoms with E-state index in [9.17, 15) is 4.79 Å². The van der Waals surface area contributed by atoms with Gasteiger partial charge < -0.3 is 5.73 Å². The van der Waals surface area contributed by atoms with E-state index in [-0.39, 0.29) is 16.9 Å². The number of aromatic amines is 1. The van der Waals surface area contributed by atoms with Gasteiger partial charge in [-0.25, -0.2) is 4.98 Å². The summed E-state index contributed by atoms with van der Waals surface area (Å²) in [5.41, 5.74) is 8.26. The van der Waals surface area contributed by atoms with Crippen molar-refractivity contribution in [2.24, 2.45) is 0 Å². The van der Waals surface area contributed by atoms with Crippen LogP contribution in [0.3, 0.4) is 0 Å². The highest BCUT2D eigenvalue weighted by Crippen LogP contribution is 2.26. The summed E-state index contributed by atoms with van der Waals surface area (Å²) in [6.45, 7) is 6.49. The molecule has 1 aromatic carbocycles. The fraction of sp³-hybridized carbons (Fsp3) is 0.286. The lowest BCUT2D eigenvalue weighted by atomic mass is 9.86. The quantitative estimate of drug-likeness (QED) is 0.760. The second-order valence-corrected chi connectivity index (χ2v) is 6.52. The predicted molar refractivity (Wildman–Crippen MR) is 86.1 cm³/mol. The number of nitrogens with zero attached hydrogens (tertiary/aromatic N) is 1. The minimum atomic E-state index is -0.206. The van der Waals surface area contributed by atoms with Crippen LogP contribution in [0, 0.1) is 3.57 Å². The number of hydrogen-bond donors (Lipinski definition) is 2. The highest BCUT2D eigenvalue weighted by molar-refractivity contribution is 14.1. The van der Waals surface area contributed by atoms with E-state index >= 15 is 0 Å². The second kappa shape index (κ2) is 4.96. The standard InChI is InChI=1S/C14H16IN3O/c1-14(2,3)9-6-4-8(5-7-9)11-10(15)12(19)18-13(16)17-11/h4-7H,1-3H3,(H3,16,17,18,19). The van der Waals surface area contributed by atoms with Crippen molar-refractivity contribution in [1.29, 1.82) is 0 Å². The molecule has 0 aliphatic rings. The molecular weight excluding hydrogens is 353 g/mol. The Bertz CT molecular complexity index is 654. The summed E-state index contributed by atoms with van der Waals surface area (Å²) in [7, 11) is 0. The van der Waals surface area contributed by atoms with E-state index in [0.29, 0.717) is 9.26 Å². The number of aromatic nitrogens is 2. The average Bonchev–Trinajstić information content (AvgIpc) is 2.33. The van der Waals surface area contributed by atoms with Gasteiger partial charge in [0.2, 0.25) is 5.95 Å². The summed E-state index contributed by atoms with van der Waals surface area (Å²) < 4.78 is 0.551. The molecule has 0 atom stereocenters. The molecule has 0 fully saturated rings. The third kappa shape index (κ3) is 2.97. The van der Waals surface area contributed by atoms with Gasteiger partial charge in [-0.15, -0.1) is 0 Å². The summed E-state index contributed by atoms with van der Waals surface area (Å²) in [6, 6.07) is 8.07. The molecule has 0 radical (unpaired) electrons. The Balaban J connectivity index is 2.52. The van der Waals surface area contributed by atoms with E-state index in [0.717, 1.165) is 5.56 Å². The first-order valence-electron chi connectivity index (χ1n) is 5.95. The van der Waals surface area contributed by atoms with Gasteiger partial charge in [0.05, 0.1) is 5.69 Å². The molecule has 4 nitrogen and oxygen atoms in total. The first-order chi connectivity index (χ1) is 8.79. The van der Waals surface area contributed by atoms with Gasteiger partial charge in [0.25, 0.3) is 5.56 Å². The van der Waals surface area contributed by atoms with Crippen LogP contribution in [0.15, 0.2) is 29.1 Å². The Morgan fingerprint density at radius 1 is 1.21 bits per heavy atom. The monoisotopic (exact) mass is 369 g/mol. The molecule has 0 saturated carbocycles. The van der Waals surface area contributed by atoms with Crippen molar-refractivity contribution in [2.45, 2.75) is 26.2 Å². The van der Waals surface area contributed by atoms with Crippen molar-refractivity contribution in [1.82, 2.24) is 9.97 Å². The van der Waals surface area contributed by atoms with Gasteiger partial charge in [-0.3, -0.25) is 9.78 Å². The van der Waals surface area contributed by atoms with E-state index in [1.807, 2.05) is 34.7 Å². The molecule has 3 N–H and O–H groups in total. The van der Waals surface area contributed by atoms with Gasteiger partial charge in [-0.05, 0) is 33.6 Å². The van der Waals surface area contributed by atoms with Gasteiger partial charge in [0, 0.05) is 5.56 Å². The number of H-pyrrole nitrogens is 1. The van der Waals surface area contributed by atoms with Gasteiger partial charge >= 0.3 is 0 Å². The zero-order chi connectivity index (χ0) is 14.2. The maximum atomic E-state index is 11.7. The first-order valence-corrected chi connectivity index (χ1v) is 7.03. The molecule has 0 aliphatic carbocycles. The Hall–Kier alpha value is -1.37. The number of rotatable bonds is 1. The van der Waals surface area contributed by atoms with Crippen molar-refractivity contribution >= 4 is 28.5 Å². The molecular formula is C14H16IN3O. The topological polar surface area (TPSA) is 71.8 Å². The van der Waals surface area contributed by atoms with Crippen LogP contribution in [0.4, 0.5) is 5.95 Å². The van der Waals surface area contributed by atoms with Crippen LogP contribution in [-0.2, 0) is 5.41 Å². The van der Waals surface area contributed by atoms with Gasteiger partial charge in [-0.2, -0.15) is 0 Å².